The van der Waals surface area contributed by atoms with Gasteiger partial charge in [0.1, 0.15) is 17.8 Å². The number of hydrogen-bond acceptors (Lipinski definition) is 4. The average Bonchev–Trinajstić information content (AvgIpc) is 2.75. The lowest BCUT2D eigenvalue weighted by Crippen LogP contribution is -2.32. The van der Waals surface area contributed by atoms with E-state index in [0.29, 0.717) is 5.92 Å². The topological polar surface area (TPSA) is 36.9 Å². The smallest absolute Gasteiger partial charge is 0.186 e. The summed E-state index contributed by atoms with van der Waals surface area (Å²) in [5, 5.41) is 0. The Hall–Kier alpha value is -0.160. The van der Waals surface area contributed by atoms with E-state index < -0.39 is 5.79 Å². The van der Waals surface area contributed by atoms with Gasteiger partial charge in [-0.15, -0.1) is 0 Å². The summed E-state index contributed by atoms with van der Waals surface area (Å²) in [5.74, 6) is 0.0849. The van der Waals surface area contributed by atoms with Crippen molar-refractivity contribution in [1.29, 1.82) is 0 Å². The largest absolute Gasteiger partial charge is 0.353 e. The van der Waals surface area contributed by atoms with Crippen molar-refractivity contribution in [3.8, 4) is 0 Å². The Kier molecular flexibility index (Phi) is 2.19. The normalized spacial score (nSPS) is 53.2. The van der Waals surface area contributed by atoms with Gasteiger partial charge in [-0.25, -0.2) is 0 Å². The molecule has 0 amide bonds. The zero-order valence-electron chi connectivity index (χ0n) is 10.4. The van der Waals surface area contributed by atoms with Crippen LogP contribution in [0, 0.1) is 5.92 Å². The molecule has 0 bridgehead atoms. The van der Waals surface area contributed by atoms with Gasteiger partial charge in [-0.05, 0) is 26.2 Å². The molecule has 0 aromatic heterocycles. The van der Waals surface area contributed by atoms with Crippen molar-refractivity contribution in [2.24, 2.45) is 5.92 Å². The summed E-state index contributed by atoms with van der Waals surface area (Å²) >= 11 is 0. The minimum atomic E-state index is -0.510. The lowest BCUT2D eigenvalue weighted by atomic mass is 10.1. The maximum Gasteiger partial charge on any atom is 0.186 e. The van der Waals surface area contributed by atoms with Gasteiger partial charge in [-0.3, -0.25) is 0 Å². The van der Waals surface area contributed by atoms with E-state index >= 15 is 0 Å². The molecule has 92 valence electrons. The van der Waals surface area contributed by atoms with Crippen LogP contribution in [0.1, 0.15) is 33.6 Å². The summed E-state index contributed by atoms with van der Waals surface area (Å²) in [7, 11) is 1.67. The lowest BCUT2D eigenvalue weighted by Gasteiger charge is -2.24. The fourth-order valence-corrected chi connectivity index (χ4v) is 3.21. The van der Waals surface area contributed by atoms with Crippen molar-refractivity contribution >= 4 is 0 Å². The lowest BCUT2D eigenvalue weighted by molar-refractivity contribution is -0.234. The summed E-state index contributed by atoms with van der Waals surface area (Å²) in [6.45, 7) is 6.10. The molecule has 3 fully saturated rings. The Morgan fingerprint density at radius 2 is 2.00 bits per heavy atom. The van der Waals surface area contributed by atoms with Gasteiger partial charge in [-0.2, -0.15) is 0 Å². The highest BCUT2D eigenvalue weighted by atomic mass is 16.8. The minimum absolute atomic E-state index is 0.0393. The third kappa shape index (κ3) is 1.30. The third-order valence-corrected chi connectivity index (χ3v) is 4.04. The maximum absolute atomic E-state index is 6.00. The number of hydrogen-bond donors (Lipinski definition) is 0. The second kappa shape index (κ2) is 3.19. The van der Waals surface area contributed by atoms with E-state index in [2.05, 4.69) is 6.92 Å². The second-order valence-electron chi connectivity index (χ2n) is 5.51. The molecule has 2 aliphatic heterocycles. The van der Waals surface area contributed by atoms with Crippen LogP contribution in [-0.4, -0.2) is 37.0 Å². The molecule has 5 atom stereocenters. The molecular formula is C12H20O4. The van der Waals surface area contributed by atoms with E-state index in [4.69, 9.17) is 18.9 Å². The van der Waals surface area contributed by atoms with E-state index in [-0.39, 0.29) is 24.1 Å². The molecule has 2 saturated heterocycles. The van der Waals surface area contributed by atoms with Gasteiger partial charge in [-0.1, -0.05) is 13.3 Å². The van der Waals surface area contributed by atoms with Crippen LogP contribution in [0.15, 0.2) is 0 Å². The molecule has 0 radical (unpaired) electrons. The van der Waals surface area contributed by atoms with Gasteiger partial charge in [0, 0.05) is 7.11 Å². The molecule has 1 aliphatic carbocycles. The number of methoxy groups -OCH3 is 1. The molecule has 1 spiro atoms. The zero-order valence-corrected chi connectivity index (χ0v) is 10.4. The minimum Gasteiger partial charge on any atom is -0.353 e. The highest BCUT2D eigenvalue weighted by molar-refractivity contribution is 5.18. The van der Waals surface area contributed by atoms with Crippen molar-refractivity contribution in [3.63, 3.8) is 0 Å². The molecule has 0 aromatic rings. The van der Waals surface area contributed by atoms with Crippen LogP contribution in [0.2, 0.25) is 0 Å². The summed E-state index contributed by atoms with van der Waals surface area (Å²) in [5.41, 5.74) is -0.131. The predicted octanol–water partition coefficient (Wildman–Crippen LogP) is 1.68. The first-order valence-electron chi connectivity index (χ1n) is 6.08. The highest BCUT2D eigenvalue weighted by Gasteiger charge is 2.72. The van der Waals surface area contributed by atoms with Crippen molar-refractivity contribution < 1.29 is 18.9 Å². The molecule has 3 rings (SSSR count). The van der Waals surface area contributed by atoms with Crippen molar-refractivity contribution in [3.05, 3.63) is 0 Å². The van der Waals surface area contributed by atoms with Crippen LogP contribution in [0.25, 0.3) is 0 Å². The summed E-state index contributed by atoms with van der Waals surface area (Å²) < 4.78 is 23.2. The molecule has 0 aromatic carbocycles. The second-order valence-corrected chi connectivity index (χ2v) is 5.51. The monoisotopic (exact) mass is 228 g/mol. The van der Waals surface area contributed by atoms with Crippen LogP contribution in [0.4, 0.5) is 0 Å². The summed E-state index contributed by atoms with van der Waals surface area (Å²) in [4.78, 5) is 0. The molecule has 2 unspecified atom stereocenters. The predicted molar refractivity (Wildman–Crippen MR) is 56.8 cm³/mol. The van der Waals surface area contributed by atoms with E-state index in [9.17, 15) is 0 Å². The first-order chi connectivity index (χ1) is 7.52. The number of fused-ring (bicyclic) bond motifs is 2. The number of rotatable bonds is 2. The van der Waals surface area contributed by atoms with Gasteiger partial charge >= 0.3 is 0 Å². The van der Waals surface area contributed by atoms with E-state index in [1.165, 1.54) is 0 Å². The molecule has 0 N–H and O–H groups in total. The fraction of sp³-hybridized carbons (Fsp3) is 1.00. The Labute approximate surface area is 96.2 Å². The van der Waals surface area contributed by atoms with Crippen LogP contribution in [0.5, 0.6) is 0 Å². The van der Waals surface area contributed by atoms with Gasteiger partial charge < -0.3 is 18.9 Å². The van der Waals surface area contributed by atoms with Crippen LogP contribution in [-0.2, 0) is 18.9 Å². The molecule has 1 saturated carbocycles. The quantitative estimate of drug-likeness (QED) is 0.720. The van der Waals surface area contributed by atoms with Crippen molar-refractivity contribution in [2.45, 2.75) is 63.5 Å². The molecule has 4 heteroatoms. The Bertz CT molecular complexity index is 303. The van der Waals surface area contributed by atoms with Gasteiger partial charge in [0.05, 0.1) is 0 Å². The molecule has 4 nitrogen and oxygen atoms in total. The third-order valence-electron chi connectivity index (χ3n) is 4.04. The first kappa shape index (κ1) is 11.0. The van der Waals surface area contributed by atoms with E-state index in [1.54, 1.807) is 7.11 Å². The van der Waals surface area contributed by atoms with E-state index in [0.717, 1.165) is 12.8 Å². The van der Waals surface area contributed by atoms with Gasteiger partial charge in [0.2, 0.25) is 0 Å². The molecule has 16 heavy (non-hydrogen) atoms. The Morgan fingerprint density at radius 3 is 2.56 bits per heavy atom. The highest BCUT2D eigenvalue weighted by Crippen LogP contribution is 2.61. The fourth-order valence-electron chi connectivity index (χ4n) is 3.21. The molecule has 2 heterocycles. The zero-order chi connectivity index (χ0) is 11.6. The van der Waals surface area contributed by atoms with Crippen LogP contribution >= 0.6 is 0 Å². The van der Waals surface area contributed by atoms with Gasteiger partial charge in [0.25, 0.3) is 0 Å². The van der Waals surface area contributed by atoms with Crippen molar-refractivity contribution in [2.75, 3.05) is 7.11 Å². The first-order valence-corrected chi connectivity index (χ1v) is 6.08. The standard InChI is InChI=1S/C12H20O4/c1-5-7-6-12(7)9-8(10(13-4)16-12)14-11(2,3)15-9/h7-10H,5-6H2,1-4H3/t7?,8-,9?,10+,12-/m0/s1. The summed E-state index contributed by atoms with van der Waals surface area (Å²) in [6.07, 6.45) is 1.89. The molecule has 3 aliphatic rings. The average molecular weight is 228 g/mol. The Balaban J connectivity index is 1.85. The van der Waals surface area contributed by atoms with Crippen molar-refractivity contribution in [1.82, 2.24) is 0 Å². The molecular weight excluding hydrogens is 208 g/mol. The Morgan fingerprint density at radius 1 is 1.25 bits per heavy atom. The van der Waals surface area contributed by atoms with Gasteiger partial charge in [0.15, 0.2) is 12.1 Å². The SMILES string of the molecule is CCC1C[C@]12O[C@@H](OC)[C@H]1OC(C)(C)OC12. The van der Waals surface area contributed by atoms with E-state index in [1.807, 2.05) is 13.8 Å². The number of ether oxygens (including phenoxy) is 4. The maximum atomic E-state index is 6.00. The van der Waals surface area contributed by atoms with Crippen LogP contribution in [0.3, 0.4) is 0 Å². The summed E-state index contributed by atoms with van der Waals surface area (Å²) in [6, 6.07) is 0. The van der Waals surface area contributed by atoms with Crippen LogP contribution < -0.4 is 0 Å².